The predicted molar refractivity (Wildman–Crippen MR) is 106 cm³/mol. The average molecular weight is 475 g/mol. The van der Waals surface area contributed by atoms with Crippen molar-refractivity contribution in [1.82, 2.24) is 20.8 Å². The largest absolute Gasteiger partial charge is 0.484 e. The lowest BCUT2D eigenvalue weighted by atomic mass is 10.0. The fourth-order valence-corrected chi connectivity index (χ4v) is 3.85. The minimum atomic E-state index is -2.71. The van der Waals surface area contributed by atoms with Gasteiger partial charge in [0.1, 0.15) is 17.7 Å². The number of ether oxygens (including phenoxy) is 2. The Morgan fingerprint density at radius 3 is 2.84 bits per heavy atom. The van der Waals surface area contributed by atoms with Crippen molar-refractivity contribution in [3.8, 4) is 11.8 Å². The lowest BCUT2D eigenvalue weighted by Crippen LogP contribution is -2.48. The van der Waals surface area contributed by atoms with Crippen LogP contribution in [0.3, 0.4) is 0 Å². The van der Waals surface area contributed by atoms with Crippen molar-refractivity contribution < 1.29 is 31.9 Å². The zero-order valence-electron chi connectivity index (χ0n) is 17.0. The standard InChI is InChI=1S/C20H22ClF3N4O4/c21-14-3-2-12(7-15(14)22)30-10-17(29)26-11-1-4-16(25-9-11)18-27-28-19(32-18)31-13-5-6-20(23,24)8-13/h2-3,7,11,13,16,25H,1,4-6,8-10H2,(H,26,29)/t11-,13?,16+/m0/s1. The van der Waals surface area contributed by atoms with E-state index in [1.54, 1.807) is 0 Å². The van der Waals surface area contributed by atoms with Gasteiger partial charge in [-0.15, -0.1) is 5.10 Å². The number of hydrogen-bond donors (Lipinski definition) is 2. The van der Waals surface area contributed by atoms with Gasteiger partial charge in [0.15, 0.2) is 6.61 Å². The predicted octanol–water partition coefficient (Wildman–Crippen LogP) is 3.42. The summed E-state index contributed by atoms with van der Waals surface area (Å²) >= 11 is 5.61. The fraction of sp³-hybridized carbons (Fsp3) is 0.550. The van der Waals surface area contributed by atoms with Crippen LogP contribution in [0.4, 0.5) is 13.2 Å². The van der Waals surface area contributed by atoms with Crippen LogP contribution in [0.2, 0.25) is 5.02 Å². The monoisotopic (exact) mass is 474 g/mol. The number of carbonyl (C=O) groups is 1. The van der Waals surface area contributed by atoms with E-state index >= 15 is 0 Å². The number of nitrogens with zero attached hydrogens (tertiary/aromatic N) is 2. The third kappa shape index (κ3) is 5.83. The second kappa shape index (κ2) is 9.53. The molecule has 1 amide bonds. The third-order valence-electron chi connectivity index (χ3n) is 5.39. The highest BCUT2D eigenvalue weighted by Crippen LogP contribution is 2.37. The Labute approximate surface area is 186 Å². The first-order chi connectivity index (χ1) is 15.3. The molecule has 2 N–H and O–H groups in total. The molecule has 12 heteroatoms. The van der Waals surface area contributed by atoms with E-state index < -0.39 is 17.8 Å². The number of halogens is 4. The molecule has 1 aliphatic carbocycles. The Balaban J connectivity index is 1.19. The molecule has 1 aromatic heterocycles. The number of piperidine rings is 1. The number of benzene rings is 1. The van der Waals surface area contributed by atoms with Crippen LogP contribution in [0.1, 0.15) is 44.0 Å². The summed E-state index contributed by atoms with van der Waals surface area (Å²) in [7, 11) is 0. The minimum absolute atomic E-state index is 0.0235. The van der Waals surface area contributed by atoms with E-state index in [9.17, 15) is 18.0 Å². The number of aromatic nitrogens is 2. The first-order valence-electron chi connectivity index (χ1n) is 10.3. The van der Waals surface area contributed by atoms with Gasteiger partial charge in [0.2, 0.25) is 5.89 Å². The molecule has 2 aromatic rings. The SMILES string of the molecule is O=C(COc1ccc(Cl)c(F)c1)N[C@H]1CC[C@H](c2nnc(OC3CCC(F)(F)C3)o2)NC1. The molecule has 1 unspecified atom stereocenters. The number of alkyl halides is 2. The van der Waals surface area contributed by atoms with Crippen molar-refractivity contribution in [3.05, 3.63) is 34.9 Å². The van der Waals surface area contributed by atoms with Crippen LogP contribution >= 0.6 is 11.6 Å². The quantitative estimate of drug-likeness (QED) is 0.634. The first kappa shape index (κ1) is 22.7. The molecule has 4 rings (SSSR count). The van der Waals surface area contributed by atoms with Gasteiger partial charge in [-0.2, -0.15) is 0 Å². The Kier molecular flexibility index (Phi) is 6.75. The third-order valence-corrected chi connectivity index (χ3v) is 5.69. The number of hydrogen-bond acceptors (Lipinski definition) is 7. The molecule has 2 fully saturated rings. The number of amides is 1. The summed E-state index contributed by atoms with van der Waals surface area (Å²) in [6, 6.07) is 3.58. The van der Waals surface area contributed by atoms with E-state index in [1.807, 2.05) is 0 Å². The van der Waals surface area contributed by atoms with Crippen molar-refractivity contribution in [2.45, 2.75) is 56.2 Å². The summed E-state index contributed by atoms with van der Waals surface area (Å²) < 4.78 is 56.1. The molecule has 0 radical (unpaired) electrons. The maximum Gasteiger partial charge on any atom is 0.414 e. The second-order valence-electron chi connectivity index (χ2n) is 7.91. The molecular formula is C20H22ClF3N4O4. The molecule has 32 heavy (non-hydrogen) atoms. The van der Waals surface area contributed by atoms with Crippen LogP contribution in [0.5, 0.6) is 11.8 Å². The molecular weight excluding hydrogens is 453 g/mol. The Hall–Kier alpha value is -2.53. The summed E-state index contributed by atoms with van der Waals surface area (Å²) in [5, 5.41) is 13.8. The van der Waals surface area contributed by atoms with Gasteiger partial charge in [-0.05, 0) is 31.4 Å². The highest BCUT2D eigenvalue weighted by Gasteiger charge is 2.41. The van der Waals surface area contributed by atoms with Crippen LogP contribution in [-0.2, 0) is 4.79 Å². The Morgan fingerprint density at radius 1 is 1.31 bits per heavy atom. The van der Waals surface area contributed by atoms with Crippen molar-refractivity contribution in [2.75, 3.05) is 13.2 Å². The molecule has 2 aliphatic rings. The van der Waals surface area contributed by atoms with Crippen molar-refractivity contribution >= 4 is 17.5 Å². The molecule has 1 saturated heterocycles. The minimum Gasteiger partial charge on any atom is -0.484 e. The van der Waals surface area contributed by atoms with E-state index in [4.69, 9.17) is 25.5 Å². The van der Waals surface area contributed by atoms with Crippen molar-refractivity contribution in [3.63, 3.8) is 0 Å². The maximum absolute atomic E-state index is 13.4. The molecule has 0 spiro atoms. The van der Waals surface area contributed by atoms with Gasteiger partial charge in [0, 0.05) is 31.5 Å². The van der Waals surface area contributed by atoms with Crippen LogP contribution in [0, 0.1) is 5.82 Å². The van der Waals surface area contributed by atoms with Gasteiger partial charge in [0.25, 0.3) is 11.8 Å². The normalized spacial score (nSPS) is 24.8. The van der Waals surface area contributed by atoms with Crippen LogP contribution in [-0.4, -0.2) is 47.3 Å². The van der Waals surface area contributed by atoms with Crippen LogP contribution in [0.15, 0.2) is 22.6 Å². The topological polar surface area (TPSA) is 98.5 Å². The molecule has 174 valence electrons. The number of nitrogens with one attached hydrogen (secondary N) is 2. The van der Waals surface area contributed by atoms with Gasteiger partial charge < -0.3 is 24.5 Å². The van der Waals surface area contributed by atoms with E-state index in [2.05, 4.69) is 20.8 Å². The zero-order chi connectivity index (χ0) is 22.7. The number of rotatable bonds is 7. The second-order valence-corrected chi connectivity index (χ2v) is 8.32. The molecule has 1 saturated carbocycles. The molecule has 1 aromatic carbocycles. The van der Waals surface area contributed by atoms with Gasteiger partial charge in [0.05, 0.1) is 11.1 Å². The molecule has 2 heterocycles. The lowest BCUT2D eigenvalue weighted by Gasteiger charge is -2.28. The van der Waals surface area contributed by atoms with E-state index in [0.717, 1.165) is 6.07 Å². The van der Waals surface area contributed by atoms with Gasteiger partial charge in [-0.1, -0.05) is 16.7 Å². The summed E-state index contributed by atoms with van der Waals surface area (Å²) in [5.41, 5.74) is 0. The van der Waals surface area contributed by atoms with E-state index in [1.165, 1.54) is 12.1 Å². The first-order valence-corrected chi connectivity index (χ1v) is 10.6. The van der Waals surface area contributed by atoms with Gasteiger partial charge >= 0.3 is 6.08 Å². The molecule has 0 bridgehead atoms. The van der Waals surface area contributed by atoms with Crippen LogP contribution in [0.25, 0.3) is 0 Å². The highest BCUT2D eigenvalue weighted by molar-refractivity contribution is 6.30. The van der Waals surface area contributed by atoms with Crippen molar-refractivity contribution in [2.24, 2.45) is 0 Å². The Morgan fingerprint density at radius 2 is 2.16 bits per heavy atom. The summed E-state index contributed by atoms with van der Waals surface area (Å²) in [6.45, 7) is 0.199. The smallest absolute Gasteiger partial charge is 0.414 e. The maximum atomic E-state index is 13.4. The number of carbonyl (C=O) groups excluding carboxylic acids is 1. The molecule has 1 aliphatic heterocycles. The van der Waals surface area contributed by atoms with Gasteiger partial charge in [-0.3, -0.25) is 4.79 Å². The highest BCUT2D eigenvalue weighted by atomic mass is 35.5. The average Bonchev–Trinajstić information content (AvgIpc) is 3.35. The lowest BCUT2D eigenvalue weighted by molar-refractivity contribution is -0.124. The van der Waals surface area contributed by atoms with Crippen molar-refractivity contribution in [1.29, 1.82) is 0 Å². The molecule has 8 nitrogen and oxygen atoms in total. The van der Waals surface area contributed by atoms with Crippen LogP contribution < -0.4 is 20.1 Å². The molecule has 3 atom stereocenters. The van der Waals surface area contributed by atoms with Gasteiger partial charge in [-0.25, -0.2) is 13.2 Å². The summed E-state index contributed by atoms with van der Waals surface area (Å²) in [5.74, 6) is -3.16. The van der Waals surface area contributed by atoms with E-state index in [-0.39, 0.29) is 60.7 Å². The zero-order valence-corrected chi connectivity index (χ0v) is 17.7. The van der Waals surface area contributed by atoms with E-state index in [0.29, 0.717) is 25.3 Å². The summed E-state index contributed by atoms with van der Waals surface area (Å²) in [6.07, 6.45) is 0.176. The Bertz CT molecular complexity index is 953. The summed E-state index contributed by atoms with van der Waals surface area (Å²) in [4.78, 5) is 12.1. The fourth-order valence-electron chi connectivity index (χ4n) is 3.74.